The van der Waals surface area contributed by atoms with Crippen molar-refractivity contribution in [2.24, 2.45) is 5.73 Å². The topological polar surface area (TPSA) is 110 Å². The fourth-order valence-electron chi connectivity index (χ4n) is 0.858. The minimum absolute atomic E-state index is 0.146. The predicted molar refractivity (Wildman–Crippen MR) is 39.1 cm³/mol. The third kappa shape index (κ3) is 1.81. The molecular formula is C6H7N3O4. The molecule has 1 heterocycles. The lowest BCUT2D eigenvalue weighted by atomic mass is 10.4. The zero-order valence-electron chi connectivity index (χ0n) is 6.57. The lowest BCUT2D eigenvalue weighted by Gasteiger charge is -2.08. The van der Waals surface area contributed by atoms with Crippen LogP contribution >= 0.6 is 0 Å². The highest BCUT2D eigenvalue weighted by Gasteiger charge is 2.36. The summed E-state index contributed by atoms with van der Waals surface area (Å²) in [5, 5.41) is 1.79. The van der Waals surface area contributed by atoms with Crippen LogP contribution in [0.5, 0.6) is 0 Å². The van der Waals surface area contributed by atoms with Crippen molar-refractivity contribution in [2.75, 3.05) is 6.54 Å². The smallest absolute Gasteiger partial charge is 0.331 e. The summed E-state index contributed by atoms with van der Waals surface area (Å²) in [6.45, 7) is -0.161. The maximum absolute atomic E-state index is 10.9. The number of nitrogens with two attached hydrogens (primary N) is 1. The second kappa shape index (κ2) is 3.21. The van der Waals surface area contributed by atoms with E-state index in [0.29, 0.717) is 4.90 Å². The molecule has 13 heavy (non-hydrogen) atoms. The van der Waals surface area contributed by atoms with Crippen molar-refractivity contribution < 1.29 is 19.2 Å². The summed E-state index contributed by atoms with van der Waals surface area (Å²) >= 11 is 0. The highest BCUT2D eigenvalue weighted by molar-refractivity contribution is 6.44. The number of amides is 5. The van der Waals surface area contributed by atoms with E-state index in [4.69, 9.17) is 5.73 Å². The van der Waals surface area contributed by atoms with E-state index in [1.54, 1.807) is 5.32 Å². The van der Waals surface area contributed by atoms with Gasteiger partial charge in [0.1, 0.15) is 0 Å². The lowest BCUT2D eigenvalue weighted by Crippen LogP contribution is -2.34. The van der Waals surface area contributed by atoms with E-state index in [-0.39, 0.29) is 13.0 Å². The molecule has 1 aliphatic rings. The number of carbonyl (C=O) groups excluding carboxylic acids is 4. The quantitative estimate of drug-likeness (QED) is 0.389. The molecule has 7 nitrogen and oxygen atoms in total. The van der Waals surface area contributed by atoms with Crippen LogP contribution in [0.4, 0.5) is 4.79 Å². The summed E-state index contributed by atoms with van der Waals surface area (Å²) in [5.41, 5.74) is 4.80. The fourth-order valence-corrected chi connectivity index (χ4v) is 0.858. The summed E-state index contributed by atoms with van der Waals surface area (Å²) in [6, 6.07) is -0.809. The van der Waals surface area contributed by atoms with E-state index in [2.05, 4.69) is 0 Å². The van der Waals surface area contributed by atoms with Crippen LogP contribution in [0.15, 0.2) is 0 Å². The molecule has 70 valence electrons. The molecule has 1 rings (SSSR count). The van der Waals surface area contributed by atoms with Gasteiger partial charge in [0.15, 0.2) is 0 Å². The molecule has 1 fully saturated rings. The maximum Gasteiger partial charge on any atom is 0.331 e. The Labute approximate surface area is 72.9 Å². The van der Waals surface area contributed by atoms with Crippen LogP contribution < -0.4 is 11.1 Å². The number of primary amides is 1. The van der Waals surface area contributed by atoms with Crippen molar-refractivity contribution in [1.82, 2.24) is 10.2 Å². The summed E-state index contributed by atoms with van der Waals surface area (Å²) in [4.78, 5) is 43.3. The van der Waals surface area contributed by atoms with Gasteiger partial charge in [0.25, 0.3) is 0 Å². The molecule has 0 spiro atoms. The van der Waals surface area contributed by atoms with Crippen LogP contribution in [0.1, 0.15) is 6.42 Å². The van der Waals surface area contributed by atoms with E-state index >= 15 is 0 Å². The van der Waals surface area contributed by atoms with E-state index in [0.717, 1.165) is 0 Å². The highest BCUT2D eigenvalue weighted by atomic mass is 16.2. The molecule has 1 saturated heterocycles. The lowest BCUT2D eigenvalue weighted by molar-refractivity contribution is -0.140. The third-order valence-corrected chi connectivity index (χ3v) is 1.49. The number of urea groups is 1. The SMILES string of the molecule is NC(=O)CCN1C(=O)NC(=O)C1=O. The molecule has 5 amide bonds. The second-order valence-corrected chi connectivity index (χ2v) is 2.43. The molecule has 0 aromatic rings. The zero-order valence-corrected chi connectivity index (χ0v) is 6.57. The number of rotatable bonds is 3. The van der Waals surface area contributed by atoms with Crippen molar-refractivity contribution in [3.63, 3.8) is 0 Å². The fraction of sp³-hybridized carbons (Fsp3) is 0.333. The Kier molecular flexibility index (Phi) is 2.27. The van der Waals surface area contributed by atoms with Gasteiger partial charge in [-0.15, -0.1) is 0 Å². The van der Waals surface area contributed by atoms with Crippen molar-refractivity contribution in [3.8, 4) is 0 Å². The molecule has 0 aromatic heterocycles. The minimum Gasteiger partial charge on any atom is -0.370 e. The van der Waals surface area contributed by atoms with Gasteiger partial charge in [-0.3, -0.25) is 24.6 Å². The van der Waals surface area contributed by atoms with Gasteiger partial charge in [0.05, 0.1) is 0 Å². The number of hydrogen-bond acceptors (Lipinski definition) is 4. The molecular weight excluding hydrogens is 178 g/mol. The zero-order chi connectivity index (χ0) is 10.0. The Bertz CT molecular complexity index is 298. The average Bonchev–Trinajstić information content (AvgIpc) is 2.24. The van der Waals surface area contributed by atoms with Crippen LogP contribution in [-0.2, 0) is 14.4 Å². The highest BCUT2D eigenvalue weighted by Crippen LogP contribution is 2.00. The van der Waals surface area contributed by atoms with Crippen molar-refractivity contribution in [3.05, 3.63) is 0 Å². The molecule has 0 radical (unpaired) electrons. The van der Waals surface area contributed by atoms with Crippen LogP contribution in [0.2, 0.25) is 0 Å². The van der Waals surface area contributed by atoms with Gasteiger partial charge in [0.2, 0.25) is 5.91 Å². The summed E-state index contributed by atoms with van der Waals surface area (Å²) in [7, 11) is 0. The predicted octanol–water partition coefficient (Wildman–Crippen LogP) is -2.06. The first-order valence-electron chi connectivity index (χ1n) is 3.47. The Hall–Kier alpha value is -1.92. The Morgan fingerprint density at radius 3 is 2.38 bits per heavy atom. The van der Waals surface area contributed by atoms with Gasteiger partial charge in [-0.1, -0.05) is 0 Å². The van der Waals surface area contributed by atoms with Crippen LogP contribution in [0.3, 0.4) is 0 Å². The molecule has 0 atom stereocenters. The van der Waals surface area contributed by atoms with Gasteiger partial charge < -0.3 is 5.73 Å². The first-order valence-corrected chi connectivity index (χ1v) is 3.47. The third-order valence-electron chi connectivity index (χ3n) is 1.49. The number of imide groups is 2. The Morgan fingerprint density at radius 2 is 2.00 bits per heavy atom. The molecule has 0 aliphatic carbocycles. The number of hydrogen-bond donors (Lipinski definition) is 2. The van der Waals surface area contributed by atoms with Crippen molar-refractivity contribution in [1.29, 1.82) is 0 Å². The largest absolute Gasteiger partial charge is 0.370 e. The molecule has 0 bridgehead atoms. The van der Waals surface area contributed by atoms with Gasteiger partial charge in [-0.25, -0.2) is 4.79 Å². The van der Waals surface area contributed by atoms with Crippen LogP contribution in [0.25, 0.3) is 0 Å². The normalized spacial score (nSPS) is 16.3. The Balaban J connectivity index is 2.59. The molecule has 7 heteroatoms. The van der Waals surface area contributed by atoms with E-state index in [1.807, 2.05) is 0 Å². The molecule has 0 aromatic carbocycles. The maximum atomic E-state index is 10.9. The summed E-state index contributed by atoms with van der Waals surface area (Å²) in [5.74, 6) is -2.57. The number of nitrogens with one attached hydrogen (secondary N) is 1. The molecule has 1 aliphatic heterocycles. The van der Waals surface area contributed by atoms with Crippen LogP contribution in [-0.4, -0.2) is 35.2 Å². The minimum atomic E-state index is -0.977. The summed E-state index contributed by atoms with van der Waals surface area (Å²) < 4.78 is 0. The standard InChI is InChI=1S/C6H7N3O4/c7-3(10)1-2-9-5(12)4(11)8-6(9)13/h1-2H2,(H2,7,10)(H,8,11,13). The number of carbonyl (C=O) groups is 4. The Morgan fingerprint density at radius 1 is 1.38 bits per heavy atom. The van der Waals surface area contributed by atoms with E-state index < -0.39 is 23.8 Å². The van der Waals surface area contributed by atoms with Crippen molar-refractivity contribution >= 4 is 23.8 Å². The first-order chi connectivity index (χ1) is 6.02. The van der Waals surface area contributed by atoms with Gasteiger partial charge >= 0.3 is 17.8 Å². The number of nitrogens with zero attached hydrogens (tertiary/aromatic N) is 1. The van der Waals surface area contributed by atoms with Crippen LogP contribution in [0, 0.1) is 0 Å². The summed E-state index contributed by atoms with van der Waals surface area (Å²) in [6.07, 6.45) is -0.146. The molecule has 0 unspecified atom stereocenters. The molecule has 3 N–H and O–H groups in total. The average molecular weight is 185 g/mol. The first kappa shape index (κ1) is 9.17. The second-order valence-electron chi connectivity index (χ2n) is 2.43. The monoisotopic (exact) mass is 185 g/mol. The molecule has 0 saturated carbocycles. The van der Waals surface area contributed by atoms with Gasteiger partial charge in [-0.05, 0) is 0 Å². The van der Waals surface area contributed by atoms with E-state index in [9.17, 15) is 19.2 Å². The van der Waals surface area contributed by atoms with Gasteiger partial charge in [-0.2, -0.15) is 0 Å². The van der Waals surface area contributed by atoms with E-state index in [1.165, 1.54) is 0 Å². The van der Waals surface area contributed by atoms with Gasteiger partial charge in [0, 0.05) is 13.0 Å². The van der Waals surface area contributed by atoms with Crippen molar-refractivity contribution in [2.45, 2.75) is 6.42 Å².